The molecule has 0 aliphatic rings. The summed E-state index contributed by atoms with van der Waals surface area (Å²) in [5.74, 6) is 0.539. The van der Waals surface area contributed by atoms with Gasteiger partial charge in [-0.3, -0.25) is 0 Å². The molecule has 0 radical (unpaired) electrons. The summed E-state index contributed by atoms with van der Waals surface area (Å²) in [5.41, 5.74) is 1.73. The van der Waals surface area contributed by atoms with Crippen LogP contribution >= 0.6 is 11.6 Å². The van der Waals surface area contributed by atoms with Gasteiger partial charge in [-0.2, -0.15) is 0 Å². The first-order chi connectivity index (χ1) is 7.18. The fourth-order valence-electron chi connectivity index (χ4n) is 1.45. The van der Waals surface area contributed by atoms with Gasteiger partial charge in [0.25, 0.3) is 0 Å². The lowest BCUT2D eigenvalue weighted by Crippen LogP contribution is -1.98. The molecular formula is C12H11ClO2. The van der Waals surface area contributed by atoms with Crippen molar-refractivity contribution in [2.75, 3.05) is 0 Å². The van der Waals surface area contributed by atoms with Crippen LogP contribution in [0.5, 0.6) is 0 Å². The summed E-state index contributed by atoms with van der Waals surface area (Å²) in [6.07, 6.45) is 0.817. The zero-order valence-corrected chi connectivity index (χ0v) is 9.03. The highest BCUT2D eigenvalue weighted by molar-refractivity contribution is 6.31. The molecule has 1 aromatic carbocycles. The predicted octanol–water partition coefficient (Wildman–Crippen LogP) is 3.32. The molecule has 2 aromatic rings. The largest absolute Gasteiger partial charge is 0.466 e. The van der Waals surface area contributed by atoms with Gasteiger partial charge in [0, 0.05) is 5.02 Å². The van der Waals surface area contributed by atoms with E-state index in [4.69, 9.17) is 16.0 Å². The first-order valence-corrected chi connectivity index (χ1v) is 5.04. The summed E-state index contributed by atoms with van der Waals surface area (Å²) >= 11 is 5.91. The molecule has 0 aliphatic heterocycles. The van der Waals surface area contributed by atoms with Crippen LogP contribution in [0.15, 0.2) is 41.0 Å². The molecule has 0 amide bonds. The van der Waals surface area contributed by atoms with Crippen molar-refractivity contribution in [2.45, 2.75) is 13.0 Å². The number of furan rings is 1. The second kappa shape index (κ2) is 4.09. The molecule has 15 heavy (non-hydrogen) atoms. The summed E-state index contributed by atoms with van der Waals surface area (Å²) in [6, 6.07) is 8.92. The number of aryl methyl sites for hydroxylation is 1. The first-order valence-electron chi connectivity index (χ1n) is 4.66. The third-order valence-corrected chi connectivity index (χ3v) is 2.73. The van der Waals surface area contributed by atoms with Gasteiger partial charge in [0.15, 0.2) is 0 Å². The quantitative estimate of drug-likeness (QED) is 0.846. The molecule has 0 aliphatic carbocycles. The van der Waals surface area contributed by atoms with E-state index in [1.807, 2.05) is 13.0 Å². The monoisotopic (exact) mass is 222 g/mol. The van der Waals surface area contributed by atoms with Crippen LogP contribution in [-0.4, -0.2) is 5.11 Å². The highest BCUT2D eigenvalue weighted by Gasteiger charge is 2.13. The maximum atomic E-state index is 9.96. The Morgan fingerprint density at radius 1 is 1.33 bits per heavy atom. The lowest BCUT2D eigenvalue weighted by atomic mass is 10.1. The summed E-state index contributed by atoms with van der Waals surface area (Å²) in [4.78, 5) is 0. The molecule has 0 saturated heterocycles. The highest BCUT2D eigenvalue weighted by Crippen LogP contribution is 2.25. The third kappa shape index (κ3) is 2.06. The highest BCUT2D eigenvalue weighted by atomic mass is 35.5. The minimum Gasteiger partial charge on any atom is -0.466 e. The molecule has 78 valence electrons. The third-order valence-electron chi connectivity index (χ3n) is 2.31. The number of benzene rings is 1. The molecule has 0 unspecified atom stereocenters. The fourth-order valence-corrected chi connectivity index (χ4v) is 1.57. The number of aliphatic hydroxyl groups excluding tert-OH is 1. The second-order valence-electron chi connectivity index (χ2n) is 3.43. The molecule has 1 N–H and O–H groups in total. The fraction of sp³-hybridized carbons (Fsp3) is 0.167. The maximum absolute atomic E-state index is 9.96. The Kier molecular flexibility index (Phi) is 2.80. The van der Waals surface area contributed by atoms with E-state index >= 15 is 0 Å². The zero-order valence-electron chi connectivity index (χ0n) is 8.27. The van der Waals surface area contributed by atoms with Crippen molar-refractivity contribution in [3.8, 4) is 0 Å². The number of hydrogen-bond donors (Lipinski definition) is 1. The lowest BCUT2D eigenvalue weighted by molar-refractivity contribution is 0.189. The lowest BCUT2D eigenvalue weighted by Gasteiger charge is -2.09. The number of halogens is 1. The average molecular weight is 223 g/mol. The van der Waals surface area contributed by atoms with Crippen molar-refractivity contribution in [3.05, 3.63) is 58.5 Å². The van der Waals surface area contributed by atoms with Gasteiger partial charge in [0.05, 0.1) is 6.26 Å². The normalized spacial score (nSPS) is 12.7. The topological polar surface area (TPSA) is 33.4 Å². The summed E-state index contributed by atoms with van der Waals surface area (Å²) in [7, 11) is 0. The van der Waals surface area contributed by atoms with Gasteiger partial charge in [-0.15, -0.1) is 0 Å². The SMILES string of the molecule is Cc1cc([C@@H](O)c2ccco2)ccc1Cl. The molecule has 0 bridgehead atoms. The smallest absolute Gasteiger partial charge is 0.137 e. The predicted molar refractivity (Wildman–Crippen MR) is 59.0 cm³/mol. The van der Waals surface area contributed by atoms with Crippen LogP contribution in [0.2, 0.25) is 5.02 Å². The van der Waals surface area contributed by atoms with Gasteiger partial charge in [-0.1, -0.05) is 23.7 Å². The van der Waals surface area contributed by atoms with Crippen LogP contribution < -0.4 is 0 Å². The van der Waals surface area contributed by atoms with Gasteiger partial charge in [-0.25, -0.2) is 0 Å². The Labute approximate surface area is 93.1 Å². The van der Waals surface area contributed by atoms with Crippen LogP contribution in [-0.2, 0) is 0 Å². The van der Waals surface area contributed by atoms with Crippen molar-refractivity contribution >= 4 is 11.6 Å². The number of hydrogen-bond acceptors (Lipinski definition) is 2. The van der Waals surface area contributed by atoms with Crippen LogP contribution in [0.3, 0.4) is 0 Å². The summed E-state index contributed by atoms with van der Waals surface area (Å²) in [5, 5.41) is 10.7. The van der Waals surface area contributed by atoms with E-state index in [-0.39, 0.29) is 0 Å². The zero-order chi connectivity index (χ0) is 10.8. The van der Waals surface area contributed by atoms with Crippen LogP contribution in [0.1, 0.15) is 23.0 Å². The Balaban J connectivity index is 2.34. The molecule has 1 heterocycles. The molecule has 0 spiro atoms. The molecule has 2 nitrogen and oxygen atoms in total. The van der Waals surface area contributed by atoms with Gasteiger partial charge in [-0.05, 0) is 36.2 Å². The van der Waals surface area contributed by atoms with E-state index in [1.165, 1.54) is 0 Å². The summed E-state index contributed by atoms with van der Waals surface area (Å²) in [6.45, 7) is 1.90. The molecule has 3 heteroatoms. The van der Waals surface area contributed by atoms with Crippen molar-refractivity contribution in [2.24, 2.45) is 0 Å². The Morgan fingerprint density at radius 3 is 2.73 bits per heavy atom. The Morgan fingerprint density at radius 2 is 2.13 bits per heavy atom. The Hall–Kier alpha value is -1.25. The second-order valence-corrected chi connectivity index (χ2v) is 3.83. The molecule has 1 aromatic heterocycles. The van der Waals surface area contributed by atoms with Gasteiger partial charge >= 0.3 is 0 Å². The van der Waals surface area contributed by atoms with E-state index in [9.17, 15) is 5.11 Å². The average Bonchev–Trinajstić information content (AvgIpc) is 2.74. The van der Waals surface area contributed by atoms with Crippen LogP contribution in [0.4, 0.5) is 0 Å². The van der Waals surface area contributed by atoms with E-state index in [0.717, 1.165) is 11.1 Å². The minimum atomic E-state index is -0.726. The standard InChI is InChI=1S/C12H11ClO2/c1-8-7-9(4-5-10(8)13)12(14)11-3-2-6-15-11/h2-7,12,14H,1H3/t12-/m1/s1. The molecular weight excluding hydrogens is 212 g/mol. The minimum absolute atomic E-state index is 0.539. The van der Waals surface area contributed by atoms with Crippen molar-refractivity contribution in [1.82, 2.24) is 0 Å². The molecule has 1 atom stereocenters. The van der Waals surface area contributed by atoms with Crippen LogP contribution in [0.25, 0.3) is 0 Å². The molecule has 0 fully saturated rings. The van der Waals surface area contributed by atoms with E-state index in [2.05, 4.69) is 0 Å². The van der Waals surface area contributed by atoms with Gasteiger partial charge in [0.2, 0.25) is 0 Å². The maximum Gasteiger partial charge on any atom is 0.137 e. The summed E-state index contributed by atoms with van der Waals surface area (Å²) < 4.78 is 5.14. The van der Waals surface area contributed by atoms with E-state index < -0.39 is 6.10 Å². The molecule has 2 rings (SSSR count). The molecule has 0 saturated carbocycles. The van der Waals surface area contributed by atoms with Crippen molar-refractivity contribution in [3.63, 3.8) is 0 Å². The number of aliphatic hydroxyl groups is 1. The van der Waals surface area contributed by atoms with Gasteiger partial charge in [0.1, 0.15) is 11.9 Å². The first kappa shape index (κ1) is 10.3. The van der Waals surface area contributed by atoms with Crippen molar-refractivity contribution < 1.29 is 9.52 Å². The van der Waals surface area contributed by atoms with E-state index in [1.54, 1.807) is 30.5 Å². The van der Waals surface area contributed by atoms with Crippen molar-refractivity contribution in [1.29, 1.82) is 0 Å². The van der Waals surface area contributed by atoms with Gasteiger partial charge < -0.3 is 9.52 Å². The number of rotatable bonds is 2. The Bertz CT molecular complexity index is 449. The van der Waals surface area contributed by atoms with Crippen LogP contribution in [0, 0.1) is 6.92 Å². The van der Waals surface area contributed by atoms with E-state index in [0.29, 0.717) is 10.8 Å².